The van der Waals surface area contributed by atoms with E-state index < -0.39 is 0 Å². The molecule has 1 rings (SSSR count). The van der Waals surface area contributed by atoms with Crippen molar-refractivity contribution in [1.82, 2.24) is 10.2 Å². The molecule has 0 aromatic carbocycles. The van der Waals surface area contributed by atoms with Crippen molar-refractivity contribution in [1.29, 1.82) is 0 Å². The summed E-state index contributed by atoms with van der Waals surface area (Å²) in [4.78, 5) is 2.77. The fourth-order valence-corrected chi connectivity index (χ4v) is 3.34. The molecule has 0 saturated heterocycles. The molecule has 0 aliphatic heterocycles. The molecule has 2 nitrogen and oxygen atoms in total. The Hall–Kier alpha value is -0.0800. The van der Waals surface area contributed by atoms with E-state index in [1.807, 2.05) is 0 Å². The highest BCUT2D eigenvalue weighted by Gasteiger charge is 2.27. The molecule has 0 radical (unpaired) electrons. The van der Waals surface area contributed by atoms with Crippen molar-refractivity contribution in [3.63, 3.8) is 0 Å². The van der Waals surface area contributed by atoms with Gasteiger partial charge in [0.05, 0.1) is 0 Å². The van der Waals surface area contributed by atoms with Gasteiger partial charge >= 0.3 is 0 Å². The zero-order valence-corrected chi connectivity index (χ0v) is 13.9. The molecule has 1 N–H and O–H groups in total. The van der Waals surface area contributed by atoms with Crippen molar-refractivity contribution in [3.8, 4) is 0 Å². The van der Waals surface area contributed by atoms with Crippen LogP contribution in [0, 0.1) is 11.8 Å². The van der Waals surface area contributed by atoms with Gasteiger partial charge in [0.2, 0.25) is 0 Å². The molecule has 0 bridgehead atoms. The summed E-state index contributed by atoms with van der Waals surface area (Å²) in [5, 5.41) is 3.74. The molecule has 0 amide bonds. The van der Waals surface area contributed by atoms with Crippen molar-refractivity contribution < 1.29 is 0 Å². The monoisotopic (exact) mass is 268 g/mol. The Morgan fingerprint density at radius 1 is 1.05 bits per heavy atom. The minimum Gasteiger partial charge on any atom is -0.314 e. The molecular weight excluding hydrogens is 232 g/mol. The highest BCUT2D eigenvalue weighted by atomic mass is 15.2. The fraction of sp³-hybridized carbons (Fsp3) is 1.00. The lowest BCUT2D eigenvalue weighted by Gasteiger charge is -2.39. The maximum atomic E-state index is 3.74. The number of hydrogen-bond donors (Lipinski definition) is 1. The van der Waals surface area contributed by atoms with Crippen LogP contribution >= 0.6 is 0 Å². The summed E-state index contributed by atoms with van der Waals surface area (Å²) in [6.45, 7) is 15.4. The van der Waals surface area contributed by atoms with Crippen molar-refractivity contribution >= 4 is 0 Å². The summed E-state index contributed by atoms with van der Waals surface area (Å²) in [7, 11) is 0. The van der Waals surface area contributed by atoms with E-state index in [-0.39, 0.29) is 0 Å². The van der Waals surface area contributed by atoms with Crippen LogP contribution < -0.4 is 5.32 Å². The quantitative estimate of drug-likeness (QED) is 0.718. The smallest absolute Gasteiger partial charge is 0.0110 e. The van der Waals surface area contributed by atoms with Gasteiger partial charge in [0.1, 0.15) is 0 Å². The average molecular weight is 268 g/mol. The standard InChI is InChI=1S/C17H36N2/c1-6-10-18-16-8-7-9-17(11-16)19(12-14(2)3)13-15(4)5/h14-18H,6-13H2,1-5H3. The van der Waals surface area contributed by atoms with Crippen LogP contribution in [0.3, 0.4) is 0 Å². The van der Waals surface area contributed by atoms with Crippen LogP contribution in [0.2, 0.25) is 0 Å². The third-order valence-electron chi connectivity index (χ3n) is 4.05. The van der Waals surface area contributed by atoms with Gasteiger partial charge in [-0.1, -0.05) is 41.0 Å². The van der Waals surface area contributed by atoms with E-state index in [0.717, 1.165) is 23.9 Å². The van der Waals surface area contributed by atoms with Crippen LogP contribution in [0.25, 0.3) is 0 Å². The number of nitrogens with zero attached hydrogens (tertiary/aromatic N) is 1. The Bertz CT molecular complexity index is 215. The van der Waals surface area contributed by atoms with Crippen LogP contribution in [-0.4, -0.2) is 36.6 Å². The molecule has 2 atom stereocenters. The van der Waals surface area contributed by atoms with Crippen molar-refractivity contribution in [2.75, 3.05) is 19.6 Å². The van der Waals surface area contributed by atoms with Crippen molar-refractivity contribution in [2.24, 2.45) is 11.8 Å². The Balaban J connectivity index is 2.51. The molecule has 114 valence electrons. The van der Waals surface area contributed by atoms with E-state index in [1.165, 1.54) is 51.7 Å². The molecule has 0 aromatic rings. The highest BCUT2D eigenvalue weighted by molar-refractivity contribution is 4.84. The zero-order chi connectivity index (χ0) is 14.3. The van der Waals surface area contributed by atoms with Gasteiger partial charge in [0.15, 0.2) is 0 Å². The lowest BCUT2D eigenvalue weighted by molar-refractivity contribution is 0.112. The lowest BCUT2D eigenvalue weighted by Crippen LogP contribution is -2.46. The second-order valence-corrected chi connectivity index (χ2v) is 7.21. The minimum absolute atomic E-state index is 0.764. The maximum Gasteiger partial charge on any atom is 0.0110 e. The van der Waals surface area contributed by atoms with Crippen molar-refractivity contribution in [2.45, 2.75) is 78.8 Å². The SMILES string of the molecule is CCCNC1CCCC(N(CC(C)C)CC(C)C)C1. The molecule has 1 aliphatic carbocycles. The predicted molar refractivity (Wildman–Crippen MR) is 85.6 cm³/mol. The van der Waals surface area contributed by atoms with Gasteiger partial charge in [-0.3, -0.25) is 4.90 Å². The molecule has 0 aromatic heterocycles. The van der Waals surface area contributed by atoms with Crippen molar-refractivity contribution in [3.05, 3.63) is 0 Å². The van der Waals surface area contributed by atoms with E-state index >= 15 is 0 Å². The molecular formula is C17H36N2. The predicted octanol–water partition coefficient (Wildman–Crippen LogP) is 3.91. The molecule has 2 unspecified atom stereocenters. The number of rotatable bonds is 8. The largest absolute Gasteiger partial charge is 0.314 e. The van der Waals surface area contributed by atoms with Gasteiger partial charge in [-0.05, 0) is 44.1 Å². The first kappa shape index (κ1) is 17.0. The molecule has 19 heavy (non-hydrogen) atoms. The molecule has 0 heterocycles. The van der Waals surface area contributed by atoms with Crippen LogP contribution in [0.5, 0.6) is 0 Å². The van der Waals surface area contributed by atoms with Crippen LogP contribution in [0.15, 0.2) is 0 Å². The minimum atomic E-state index is 0.764. The van der Waals surface area contributed by atoms with E-state index in [9.17, 15) is 0 Å². The fourth-order valence-electron chi connectivity index (χ4n) is 3.34. The highest BCUT2D eigenvalue weighted by Crippen LogP contribution is 2.24. The first-order valence-electron chi connectivity index (χ1n) is 8.50. The third kappa shape index (κ3) is 6.76. The Morgan fingerprint density at radius 3 is 2.21 bits per heavy atom. The second kappa shape index (κ2) is 8.97. The second-order valence-electron chi connectivity index (χ2n) is 7.21. The molecule has 1 saturated carbocycles. The van der Waals surface area contributed by atoms with E-state index in [0.29, 0.717) is 0 Å². The lowest BCUT2D eigenvalue weighted by atomic mass is 9.89. The third-order valence-corrected chi connectivity index (χ3v) is 4.05. The van der Waals surface area contributed by atoms with Gasteiger partial charge in [0, 0.05) is 25.2 Å². The van der Waals surface area contributed by atoms with Crippen LogP contribution in [0.1, 0.15) is 66.7 Å². The van der Waals surface area contributed by atoms with E-state index in [1.54, 1.807) is 0 Å². The van der Waals surface area contributed by atoms with Crippen LogP contribution in [0.4, 0.5) is 0 Å². The summed E-state index contributed by atoms with van der Waals surface area (Å²) in [5.74, 6) is 1.56. The topological polar surface area (TPSA) is 15.3 Å². The van der Waals surface area contributed by atoms with Gasteiger partial charge < -0.3 is 5.32 Å². The first-order chi connectivity index (χ1) is 9.02. The number of nitrogens with one attached hydrogen (secondary N) is 1. The summed E-state index contributed by atoms with van der Waals surface area (Å²) >= 11 is 0. The number of hydrogen-bond acceptors (Lipinski definition) is 2. The van der Waals surface area contributed by atoms with Crippen LogP contribution in [-0.2, 0) is 0 Å². The summed E-state index contributed by atoms with van der Waals surface area (Å²) in [6.07, 6.45) is 6.80. The normalized spacial score (nSPS) is 24.6. The van der Waals surface area contributed by atoms with E-state index in [4.69, 9.17) is 0 Å². The maximum absolute atomic E-state index is 3.74. The average Bonchev–Trinajstić information content (AvgIpc) is 2.35. The van der Waals surface area contributed by atoms with E-state index in [2.05, 4.69) is 44.8 Å². The van der Waals surface area contributed by atoms with Gasteiger partial charge in [0.25, 0.3) is 0 Å². The first-order valence-corrected chi connectivity index (χ1v) is 8.50. The molecule has 2 heteroatoms. The Kier molecular flexibility index (Phi) is 8.01. The molecule has 1 fully saturated rings. The van der Waals surface area contributed by atoms with Gasteiger partial charge in [-0.25, -0.2) is 0 Å². The molecule has 0 spiro atoms. The van der Waals surface area contributed by atoms with Gasteiger partial charge in [-0.15, -0.1) is 0 Å². The Morgan fingerprint density at radius 2 is 1.68 bits per heavy atom. The van der Waals surface area contributed by atoms with Gasteiger partial charge in [-0.2, -0.15) is 0 Å². The Labute approximate surface area is 121 Å². The summed E-state index contributed by atoms with van der Waals surface area (Å²) in [6, 6.07) is 1.58. The summed E-state index contributed by atoms with van der Waals surface area (Å²) in [5.41, 5.74) is 0. The summed E-state index contributed by atoms with van der Waals surface area (Å²) < 4.78 is 0. The molecule has 1 aliphatic rings. The zero-order valence-electron chi connectivity index (χ0n) is 13.9.